The molecule has 0 atom stereocenters. The number of hydrogen-bond donors (Lipinski definition) is 0. The second-order valence-corrected chi connectivity index (χ2v) is 12.9. The van der Waals surface area contributed by atoms with Crippen molar-refractivity contribution in [2.45, 2.75) is 6.92 Å². The number of furan rings is 1. The molecule has 1 heteroatoms. The molecule has 0 radical (unpaired) electrons. The predicted molar refractivity (Wildman–Crippen MR) is 204 cm³/mol. The van der Waals surface area contributed by atoms with Gasteiger partial charge in [0.25, 0.3) is 0 Å². The third kappa shape index (κ3) is 3.98. The summed E-state index contributed by atoms with van der Waals surface area (Å²) < 4.78 is 6.47. The van der Waals surface area contributed by atoms with Crippen molar-refractivity contribution in [3.63, 3.8) is 0 Å². The summed E-state index contributed by atoms with van der Waals surface area (Å²) in [5.74, 6) is 0. The second kappa shape index (κ2) is 10.4. The van der Waals surface area contributed by atoms with Crippen LogP contribution in [0.2, 0.25) is 0 Å². The highest BCUT2D eigenvalue weighted by molar-refractivity contribution is 6.30. The first-order chi connectivity index (χ1) is 23.7. The molecule has 0 aliphatic carbocycles. The molecule has 0 amide bonds. The second-order valence-electron chi connectivity index (χ2n) is 12.9. The fourth-order valence-corrected chi connectivity index (χ4v) is 7.95. The average Bonchev–Trinajstić information content (AvgIpc) is 3.54. The van der Waals surface area contributed by atoms with Crippen LogP contribution in [0.4, 0.5) is 0 Å². The minimum atomic E-state index is 0.917. The van der Waals surface area contributed by atoms with Gasteiger partial charge in [-0.25, -0.2) is 0 Å². The summed E-state index contributed by atoms with van der Waals surface area (Å²) in [7, 11) is 0. The lowest BCUT2D eigenvalue weighted by Crippen LogP contribution is -1.94. The fourth-order valence-electron chi connectivity index (χ4n) is 7.95. The Morgan fingerprint density at radius 1 is 0.333 bits per heavy atom. The van der Waals surface area contributed by atoms with Gasteiger partial charge in [0.05, 0.1) is 0 Å². The highest BCUT2D eigenvalue weighted by Crippen LogP contribution is 2.47. The summed E-state index contributed by atoms with van der Waals surface area (Å²) in [6.45, 7) is 2.25. The molecule has 224 valence electrons. The normalized spacial score (nSPS) is 11.9. The molecule has 48 heavy (non-hydrogen) atoms. The summed E-state index contributed by atoms with van der Waals surface area (Å²) in [6, 6.07) is 59.5. The number of fused-ring (bicyclic) bond motifs is 3. The first-order valence-corrected chi connectivity index (χ1v) is 16.6. The van der Waals surface area contributed by atoms with E-state index in [2.05, 4.69) is 165 Å². The molecule has 0 aliphatic heterocycles. The number of para-hydroxylation sites is 2. The van der Waals surface area contributed by atoms with E-state index in [0.717, 1.165) is 33.1 Å². The predicted octanol–water partition coefficient (Wildman–Crippen LogP) is 13.5. The van der Waals surface area contributed by atoms with Crippen LogP contribution in [-0.4, -0.2) is 0 Å². The lowest BCUT2D eigenvalue weighted by molar-refractivity contribution is 0.670. The monoisotopic (exact) mass is 610 g/mol. The van der Waals surface area contributed by atoms with Gasteiger partial charge in [-0.3, -0.25) is 0 Å². The summed E-state index contributed by atoms with van der Waals surface area (Å²) in [6.07, 6.45) is 0. The Labute approximate surface area is 278 Å². The van der Waals surface area contributed by atoms with Gasteiger partial charge in [0.2, 0.25) is 0 Å². The minimum Gasteiger partial charge on any atom is -0.455 e. The molecule has 0 saturated heterocycles. The van der Waals surface area contributed by atoms with E-state index >= 15 is 0 Å². The van der Waals surface area contributed by atoms with Crippen molar-refractivity contribution in [3.8, 4) is 44.5 Å². The molecular weight excluding hydrogens is 581 g/mol. The van der Waals surface area contributed by atoms with Crippen LogP contribution in [0.3, 0.4) is 0 Å². The highest BCUT2D eigenvalue weighted by Gasteiger charge is 2.20. The molecule has 0 saturated carbocycles. The van der Waals surface area contributed by atoms with Crippen LogP contribution in [0.15, 0.2) is 168 Å². The van der Waals surface area contributed by atoms with Crippen molar-refractivity contribution in [3.05, 3.63) is 169 Å². The molecule has 0 spiro atoms. The van der Waals surface area contributed by atoms with Crippen LogP contribution in [0.5, 0.6) is 0 Å². The van der Waals surface area contributed by atoms with E-state index in [1.807, 2.05) is 6.07 Å². The Morgan fingerprint density at radius 3 is 1.54 bits per heavy atom. The molecule has 10 aromatic rings. The van der Waals surface area contributed by atoms with Crippen molar-refractivity contribution < 1.29 is 4.42 Å². The average molecular weight is 611 g/mol. The largest absolute Gasteiger partial charge is 0.455 e. The minimum absolute atomic E-state index is 0.917. The zero-order valence-electron chi connectivity index (χ0n) is 26.5. The summed E-state index contributed by atoms with van der Waals surface area (Å²) >= 11 is 0. The van der Waals surface area contributed by atoms with Gasteiger partial charge in [-0.2, -0.15) is 0 Å². The van der Waals surface area contributed by atoms with E-state index in [1.54, 1.807) is 0 Å². The van der Waals surface area contributed by atoms with E-state index in [-0.39, 0.29) is 0 Å². The van der Waals surface area contributed by atoms with Crippen LogP contribution in [-0.2, 0) is 0 Å². The van der Waals surface area contributed by atoms with Gasteiger partial charge in [-0.05, 0) is 102 Å². The molecule has 0 bridgehead atoms. The van der Waals surface area contributed by atoms with Crippen LogP contribution in [0.25, 0.3) is 98.8 Å². The zero-order valence-corrected chi connectivity index (χ0v) is 26.5. The number of hydrogen-bond acceptors (Lipinski definition) is 1. The van der Waals surface area contributed by atoms with Crippen molar-refractivity contribution >= 4 is 54.3 Å². The van der Waals surface area contributed by atoms with Crippen molar-refractivity contribution in [1.82, 2.24) is 0 Å². The lowest BCUT2D eigenvalue weighted by atomic mass is 9.83. The lowest BCUT2D eigenvalue weighted by Gasteiger charge is -2.21. The first kappa shape index (κ1) is 27.0. The Bertz CT molecular complexity index is 2820. The Kier molecular flexibility index (Phi) is 5.86. The molecule has 0 unspecified atom stereocenters. The Hall–Kier alpha value is -6.18. The van der Waals surface area contributed by atoms with Crippen molar-refractivity contribution in [1.29, 1.82) is 0 Å². The van der Waals surface area contributed by atoms with E-state index in [4.69, 9.17) is 4.42 Å². The number of aryl methyl sites for hydroxylation is 1. The van der Waals surface area contributed by atoms with E-state index in [9.17, 15) is 0 Å². The van der Waals surface area contributed by atoms with Crippen molar-refractivity contribution in [2.24, 2.45) is 0 Å². The topological polar surface area (TPSA) is 13.1 Å². The number of benzene rings is 9. The Morgan fingerprint density at radius 2 is 0.833 bits per heavy atom. The van der Waals surface area contributed by atoms with Gasteiger partial charge in [0.15, 0.2) is 0 Å². The first-order valence-electron chi connectivity index (χ1n) is 16.6. The van der Waals surface area contributed by atoms with Gasteiger partial charge >= 0.3 is 0 Å². The van der Waals surface area contributed by atoms with Gasteiger partial charge in [-0.1, -0.05) is 146 Å². The van der Waals surface area contributed by atoms with Gasteiger partial charge in [0, 0.05) is 16.3 Å². The SMILES string of the molecule is Cc1cc(-c2ccccc2)c2ccc3c(-c4ccccc4)cc(-c4cccc(-c5cccc6c5oc5ccccc56)c4)c4ccc1c2c34. The fraction of sp³-hybridized carbons (Fsp3) is 0.0213. The molecule has 0 aliphatic rings. The molecular formula is C47H30O. The summed E-state index contributed by atoms with van der Waals surface area (Å²) in [4.78, 5) is 0. The maximum absolute atomic E-state index is 6.47. The van der Waals surface area contributed by atoms with E-state index in [1.165, 1.54) is 71.3 Å². The molecule has 1 nitrogen and oxygen atoms in total. The van der Waals surface area contributed by atoms with Crippen LogP contribution >= 0.6 is 0 Å². The molecule has 9 aromatic carbocycles. The molecule has 1 aromatic heterocycles. The van der Waals surface area contributed by atoms with Gasteiger partial charge in [-0.15, -0.1) is 0 Å². The molecule has 0 fully saturated rings. The summed E-state index contributed by atoms with van der Waals surface area (Å²) in [5, 5.41) is 10.1. The third-order valence-corrected chi connectivity index (χ3v) is 10.2. The van der Waals surface area contributed by atoms with Gasteiger partial charge in [0.1, 0.15) is 11.2 Å². The molecule has 1 heterocycles. The highest BCUT2D eigenvalue weighted by atomic mass is 16.3. The molecule has 10 rings (SSSR count). The number of rotatable bonds is 4. The van der Waals surface area contributed by atoms with Crippen molar-refractivity contribution in [2.75, 3.05) is 0 Å². The third-order valence-electron chi connectivity index (χ3n) is 10.2. The van der Waals surface area contributed by atoms with Crippen LogP contribution in [0, 0.1) is 6.92 Å². The van der Waals surface area contributed by atoms with Crippen LogP contribution in [0.1, 0.15) is 5.56 Å². The van der Waals surface area contributed by atoms with Crippen LogP contribution < -0.4 is 0 Å². The van der Waals surface area contributed by atoms with E-state index in [0.29, 0.717) is 0 Å². The summed E-state index contributed by atoms with van der Waals surface area (Å²) in [5.41, 5.74) is 12.8. The smallest absolute Gasteiger partial charge is 0.143 e. The maximum Gasteiger partial charge on any atom is 0.143 e. The zero-order chi connectivity index (χ0) is 31.8. The quantitative estimate of drug-likeness (QED) is 0.181. The van der Waals surface area contributed by atoms with Gasteiger partial charge < -0.3 is 4.42 Å². The Balaban J connectivity index is 1.28. The standard InChI is InChI=1S/C47H30O/c1-29-26-41(30-12-4-2-5-13-30)37-24-25-38-42(31-14-6-3-7-15-31)28-43(39-23-22-34(29)45(37)46(38)39)33-17-10-16-32(27-33)35-19-11-20-40-36-18-8-9-21-44(36)48-47(35)40/h2-28H,1H3. The van der Waals surface area contributed by atoms with E-state index < -0.39 is 0 Å². The maximum atomic E-state index is 6.47. The molecule has 0 N–H and O–H groups in total.